The third kappa shape index (κ3) is 3.36. The molecule has 4 N–H and O–H groups in total. The van der Waals surface area contributed by atoms with Gasteiger partial charge in [0, 0.05) is 12.1 Å². The third-order valence-electron chi connectivity index (χ3n) is 2.01. The molecule has 15 heavy (non-hydrogen) atoms. The highest BCUT2D eigenvalue weighted by atomic mass is 15.3. The minimum atomic E-state index is 0.216. The van der Waals surface area contributed by atoms with Gasteiger partial charge in [0.05, 0.1) is 0 Å². The first-order chi connectivity index (χ1) is 6.94. The molecule has 5 nitrogen and oxygen atoms in total. The molecule has 0 saturated heterocycles. The average molecular weight is 209 g/mol. The van der Waals surface area contributed by atoms with Crippen LogP contribution in [0.2, 0.25) is 0 Å². The van der Waals surface area contributed by atoms with E-state index >= 15 is 0 Å². The Bertz CT molecular complexity index is 329. The summed E-state index contributed by atoms with van der Waals surface area (Å²) < 4.78 is 0. The predicted octanol–water partition coefficient (Wildman–Crippen LogP) is 1.53. The molecule has 0 amide bonds. The van der Waals surface area contributed by atoms with Crippen molar-refractivity contribution in [1.29, 1.82) is 0 Å². The zero-order valence-electron chi connectivity index (χ0n) is 9.76. The van der Waals surface area contributed by atoms with Crippen molar-refractivity contribution in [2.24, 2.45) is 11.3 Å². The third-order valence-corrected chi connectivity index (χ3v) is 2.01. The van der Waals surface area contributed by atoms with Crippen molar-refractivity contribution in [3.63, 3.8) is 0 Å². The lowest BCUT2D eigenvalue weighted by atomic mass is 9.97. The topological polar surface area (TPSA) is 75.9 Å². The van der Waals surface area contributed by atoms with Crippen molar-refractivity contribution < 1.29 is 0 Å². The van der Waals surface area contributed by atoms with Crippen molar-refractivity contribution in [3.05, 3.63) is 11.9 Å². The molecule has 0 atom stereocenters. The molecule has 1 aromatic heterocycles. The lowest BCUT2D eigenvalue weighted by molar-refractivity contribution is 0.442. The van der Waals surface area contributed by atoms with Crippen molar-refractivity contribution in [2.45, 2.75) is 27.7 Å². The summed E-state index contributed by atoms with van der Waals surface area (Å²) in [6, 6.07) is 0. The first-order valence-electron chi connectivity index (χ1n) is 4.96. The summed E-state index contributed by atoms with van der Waals surface area (Å²) in [6.07, 6.45) is 1.49. The van der Waals surface area contributed by atoms with E-state index < -0.39 is 0 Å². The molecule has 0 radical (unpaired) electrons. The van der Waals surface area contributed by atoms with Gasteiger partial charge in [-0.25, -0.2) is 15.8 Å². The second-order valence-electron chi connectivity index (χ2n) is 4.75. The molecule has 0 aliphatic carbocycles. The molecule has 0 fully saturated rings. The summed E-state index contributed by atoms with van der Waals surface area (Å²) in [7, 11) is 0. The van der Waals surface area contributed by atoms with Gasteiger partial charge in [0.15, 0.2) is 0 Å². The fraction of sp³-hybridized carbons (Fsp3) is 0.600. The zero-order valence-corrected chi connectivity index (χ0v) is 9.76. The number of nitrogens with one attached hydrogen (secondary N) is 2. The van der Waals surface area contributed by atoms with E-state index in [1.165, 1.54) is 6.33 Å². The van der Waals surface area contributed by atoms with E-state index in [0.29, 0.717) is 5.82 Å². The molecule has 1 aromatic rings. The maximum atomic E-state index is 5.33. The Hall–Kier alpha value is -1.36. The number of rotatable bonds is 3. The Morgan fingerprint density at radius 1 is 1.27 bits per heavy atom. The van der Waals surface area contributed by atoms with Gasteiger partial charge in [-0.3, -0.25) is 0 Å². The summed E-state index contributed by atoms with van der Waals surface area (Å²) in [5, 5.41) is 3.28. The summed E-state index contributed by atoms with van der Waals surface area (Å²) in [5.41, 5.74) is 3.69. The van der Waals surface area contributed by atoms with Gasteiger partial charge >= 0.3 is 0 Å². The number of hydrazine groups is 1. The molecule has 0 spiro atoms. The van der Waals surface area contributed by atoms with Crippen LogP contribution >= 0.6 is 0 Å². The maximum Gasteiger partial charge on any atom is 0.148 e. The van der Waals surface area contributed by atoms with Crippen molar-refractivity contribution in [2.75, 3.05) is 17.3 Å². The number of anilines is 2. The Balaban J connectivity index is 2.78. The number of hydrogen-bond donors (Lipinski definition) is 3. The lowest BCUT2D eigenvalue weighted by Crippen LogP contribution is -2.21. The molecule has 0 aliphatic rings. The highest BCUT2D eigenvalue weighted by Gasteiger charge is 2.12. The molecule has 1 rings (SSSR count). The van der Waals surface area contributed by atoms with Crippen molar-refractivity contribution in [3.8, 4) is 0 Å². The summed E-state index contributed by atoms with van der Waals surface area (Å²) in [6.45, 7) is 9.28. The van der Waals surface area contributed by atoms with Gasteiger partial charge in [-0.05, 0) is 12.3 Å². The Morgan fingerprint density at radius 2 is 1.87 bits per heavy atom. The van der Waals surface area contributed by atoms with E-state index in [2.05, 4.69) is 41.5 Å². The van der Waals surface area contributed by atoms with Crippen molar-refractivity contribution in [1.82, 2.24) is 9.97 Å². The van der Waals surface area contributed by atoms with Crippen LogP contribution in [0.1, 0.15) is 26.3 Å². The first kappa shape index (κ1) is 11.7. The molecular formula is C10H19N5. The number of nitrogens with zero attached hydrogens (tertiary/aromatic N) is 2. The monoisotopic (exact) mass is 209 g/mol. The number of aromatic nitrogens is 2. The average Bonchev–Trinajstić information content (AvgIpc) is 2.15. The number of hydrogen-bond acceptors (Lipinski definition) is 5. The zero-order chi connectivity index (χ0) is 11.5. The molecule has 84 valence electrons. The second-order valence-corrected chi connectivity index (χ2v) is 4.75. The van der Waals surface area contributed by atoms with E-state index in [-0.39, 0.29) is 5.41 Å². The SMILES string of the molecule is Cc1c(NN)ncnc1NCC(C)(C)C. The predicted molar refractivity (Wildman–Crippen MR) is 62.5 cm³/mol. The standard InChI is InChI=1S/C10H19N5/c1-7-8(12-5-10(2,3)4)13-6-14-9(7)15-11/h6H,5,11H2,1-4H3,(H2,12,13,14,15). The van der Waals surface area contributed by atoms with Crippen LogP contribution in [0, 0.1) is 12.3 Å². The van der Waals surface area contributed by atoms with Crippen LogP contribution in [0.3, 0.4) is 0 Å². The molecule has 0 saturated carbocycles. The van der Waals surface area contributed by atoms with Crippen LogP contribution in [0.4, 0.5) is 11.6 Å². The van der Waals surface area contributed by atoms with Crippen LogP contribution in [-0.4, -0.2) is 16.5 Å². The highest BCUT2D eigenvalue weighted by Crippen LogP contribution is 2.19. The maximum absolute atomic E-state index is 5.33. The van der Waals surface area contributed by atoms with E-state index in [9.17, 15) is 0 Å². The smallest absolute Gasteiger partial charge is 0.148 e. The Kier molecular flexibility index (Phi) is 3.47. The fourth-order valence-corrected chi connectivity index (χ4v) is 1.12. The summed E-state index contributed by atoms with van der Waals surface area (Å²) in [4.78, 5) is 8.19. The molecule has 0 aliphatic heterocycles. The number of nitrogen functional groups attached to an aromatic ring is 1. The highest BCUT2D eigenvalue weighted by molar-refractivity contribution is 5.55. The van der Waals surface area contributed by atoms with Gasteiger partial charge in [-0.2, -0.15) is 0 Å². The van der Waals surface area contributed by atoms with Crippen LogP contribution in [0.5, 0.6) is 0 Å². The van der Waals surface area contributed by atoms with Crippen molar-refractivity contribution >= 4 is 11.6 Å². The molecule has 0 bridgehead atoms. The first-order valence-corrected chi connectivity index (χ1v) is 4.96. The Labute approximate surface area is 90.5 Å². The van der Waals surface area contributed by atoms with Crippen LogP contribution in [0.25, 0.3) is 0 Å². The van der Waals surface area contributed by atoms with Crippen LogP contribution in [0.15, 0.2) is 6.33 Å². The molecule has 5 heteroatoms. The Morgan fingerprint density at radius 3 is 2.40 bits per heavy atom. The van der Waals surface area contributed by atoms with E-state index in [4.69, 9.17) is 5.84 Å². The molecule has 0 aromatic carbocycles. The molecule has 0 unspecified atom stereocenters. The van der Waals surface area contributed by atoms with Gasteiger partial charge in [0.2, 0.25) is 0 Å². The minimum absolute atomic E-state index is 0.216. The lowest BCUT2D eigenvalue weighted by Gasteiger charge is -2.20. The second kappa shape index (κ2) is 4.44. The van der Waals surface area contributed by atoms with E-state index in [0.717, 1.165) is 17.9 Å². The van der Waals surface area contributed by atoms with Crippen LogP contribution in [-0.2, 0) is 0 Å². The van der Waals surface area contributed by atoms with Gasteiger partial charge < -0.3 is 10.7 Å². The van der Waals surface area contributed by atoms with E-state index in [1.807, 2.05) is 6.92 Å². The molecule has 1 heterocycles. The quantitative estimate of drug-likeness (QED) is 0.520. The van der Waals surface area contributed by atoms with Gasteiger partial charge in [-0.15, -0.1) is 0 Å². The van der Waals surface area contributed by atoms with E-state index in [1.54, 1.807) is 0 Å². The van der Waals surface area contributed by atoms with Gasteiger partial charge in [0.25, 0.3) is 0 Å². The van der Waals surface area contributed by atoms with Crippen LogP contribution < -0.4 is 16.6 Å². The normalized spacial score (nSPS) is 11.3. The molecular weight excluding hydrogens is 190 g/mol. The fourth-order valence-electron chi connectivity index (χ4n) is 1.12. The number of nitrogens with two attached hydrogens (primary N) is 1. The minimum Gasteiger partial charge on any atom is -0.369 e. The van der Waals surface area contributed by atoms with Gasteiger partial charge in [0.1, 0.15) is 18.0 Å². The summed E-state index contributed by atoms with van der Waals surface area (Å²) >= 11 is 0. The largest absolute Gasteiger partial charge is 0.369 e. The van der Waals surface area contributed by atoms with Gasteiger partial charge in [-0.1, -0.05) is 20.8 Å². The summed E-state index contributed by atoms with van der Waals surface area (Å²) in [5.74, 6) is 6.81.